The lowest BCUT2D eigenvalue weighted by molar-refractivity contribution is -0.148. The number of Topliss-reactive ketones (excluding diaryl/α,β-unsaturated/α-hetero) is 1. The number of carbonyl (C=O) groups excluding carboxylic acids is 2. The second-order valence-corrected chi connectivity index (χ2v) is 8.68. The van der Waals surface area contributed by atoms with Crippen molar-refractivity contribution < 1.29 is 14.3 Å². The van der Waals surface area contributed by atoms with Crippen LogP contribution in [0, 0.1) is 5.92 Å². The normalized spacial score (nSPS) is 15.6. The molecule has 1 aromatic carbocycles. The number of esters is 1. The summed E-state index contributed by atoms with van der Waals surface area (Å²) < 4.78 is 5.49. The highest BCUT2D eigenvalue weighted by Crippen LogP contribution is 2.24. The van der Waals surface area contributed by atoms with Gasteiger partial charge in [-0.25, -0.2) is 0 Å². The summed E-state index contributed by atoms with van der Waals surface area (Å²) in [5, 5.41) is 8.07. The Bertz CT molecular complexity index is 1080. The monoisotopic (exact) mass is 452 g/mol. The Morgan fingerprint density at radius 1 is 1.18 bits per heavy atom. The summed E-state index contributed by atoms with van der Waals surface area (Å²) in [6.45, 7) is 5.89. The zero-order valence-corrected chi connectivity index (χ0v) is 19.3. The summed E-state index contributed by atoms with van der Waals surface area (Å²) >= 11 is 0. The highest BCUT2D eigenvalue weighted by Gasteiger charge is 2.28. The zero-order chi connectivity index (χ0) is 23.2. The maximum atomic E-state index is 13.1. The molecule has 1 atom stereocenters. The Balaban J connectivity index is 1.47. The number of aromatic nitrogens is 4. The number of nitrogens with one attached hydrogen (secondary N) is 2. The molecule has 0 bridgehead atoms. The predicted molar refractivity (Wildman–Crippen MR) is 126 cm³/mol. The number of aromatic amines is 2. The largest absolute Gasteiger partial charge is 0.465 e. The molecular weight excluding hydrogens is 420 g/mol. The van der Waals surface area contributed by atoms with Gasteiger partial charge in [0.1, 0.15) is 0 Å². The SMILES string of the molecule is CCCCOC(=O)C(CC(=O)c1nc(N2CCN(C)CC2)n[nH]1)Cc1c[nH]c2ccccc12. The molecule has 3 heterocycles. The summed E-state index contributed by atoms with van der Waals surface area (Å²) in [7, 11) is 2.08. The molecule has 0 radical (unpaired) electrons. The van der Waals surface area contributed by atoms with Crippen LogP contribution in [0.1, 0.15) is 42.4 Å². The van der Waals surface area contributed by atoms with Gasteiger partial charge < -0.3 is 19.5 Å². The molecule has 0 saturated carbocycles. The van der Waals surface area contributed by atoms with E-state index in [-0.39, 0.29) is 24.0 Å². The molecule has 0 aliphatic carbocycles. The van der Waals surface area contributed by atoms with Crippen molar-refractivity contribution in [3.05, 3.63) is 41.9 Å². The topological polar surface area (TPSA) is 107 Å². The third-order valence-corrected chi connectivity index (χ3v) is 6.17. The van der Waals surface area contributed by atoms with Crippen LogP contribution in [0.15, 0.2) is 30.5 Å². The van der Waals surface area contributed by atoms with E-state index in [1.54, 1.807) is 0 Å². The van der Waals surface area contributed by atoms with E-state index < -0.39 is 5.92 Å². The molecule has 1 unspecified atom stereocenters. The Morgan fingerprint density at radius 2 is 1.97 bits per heavy atom. The van der Waals surface area contributed by atoms with Gasteiger partial charge in [-0.3, -0.25) is 14.7 Å². The fraction of sp³-hybridized carbons (Fsp3) is 0.500. The average molecular weight is 453 g/mol. The smallest absolute Gasteiger partial charge is 0.309 e. The summed E-state index contributed by atoms with van der Waals surface area (Å²) in [4.78, 5) is 37.9. The average Bonchev–Trinajstić information content (AvgIpc) is 3.47. The van der Waals surface area contributed by atoms with Gasteiger partial charge in [0.15, 0.2) is 5.82 Å². The first-order chi connectivity index (χ1) is 16.0. The van der Waals surface area contributed by atoms with Gasteiger partial charge >= 0.3 is 5.97 Å². The van der Waals surface area contributed by atoms with E-state index in [2.05, 4.69) is 37.0 Å². The van der Waals surface area contributed by atoms with Crippen molar-refractivity contribution in [2.45, 2.75) is 32.6 Å². The number of benzene rings is 1. The van der Waals surface area contributed by atoms with Crippen molar-refractivity contribution in [3.8, 4) is 0 Å². The first-order valence-corrected chi connectivity index (χ1v) is 11.7. The molecule has 9 heteroatoms. The van der Waals surface area contributed by atoms with Crippen LogP contribution >= 0.6 is 0 Å². The number of nitrogens with zero attached hydrogens (tertiary/aromatic N) is 4. The number of ether oxygens (including phenoxy) is 1. The number of hydrogen-bond acceptors (Lipinski definition) is 7. The van der Waals surface area contributed by atoms with Crippen molar-refractivity contribution in [2.24, 2.45) is 5.92 Å². The van der Waals surface area contributed by atoms with Gasteiger partial charge in [0.05, 0.1) is 12.5 Å². The fourth-order valence-electron chi connectivity index (χ4n) is 4.09. The number of carbonyl (C=O) groups is 2. The van der Waals surface area contributed by atoms with E-state index in [9.17, 15) is 9.59 Å². The van der Waals surface area contributed by atoms with E-state index >= 15 is 0 Å². The maximum Gasteiger partial charge on any atom is 0.309 e. The number of unbranched alkanes of at least 4 members (excludes halogenated alkanes) is 1. The summed E-state index contributed by atoms with van der Waals surface area (Å²) in [6.07, 6.45) is 4.08. The van der Waals surface area contributed by atoms with Gasteiger partial charge in [-0.1, -0.05) is 31.5 Å². The molecular formula is C24H32N6O3. The number of anilines is 1. The van der Waals surface area contributed by atoms with Gasteiger partial charge in [-0.2, -0.15) is 4.98 Å². The number of rotatable bonds is 10. The molecule has 9 nitrogen and oxygen atoms in total. The van der Waals surface area contributed by atoms with E-state index in [4.69, 9.17) is 4.74 Å². The molecule has 2 N–H and O–H groups in total. The lowest BCUT2D eigenvalue weighted by atomic mass is 9.94. The standard InChI is InChI=1S/C24H32N6O3/c1-3-4-13-33-23(32)17(14-18-16-25-20-8-6-5-7-19(18)20)15-21(31)22-26-24(28-27-22)30-11-9-29(2)10-12-30/h5-8,16-17,25H,3-4,9-15H2,1-2H3,(H,26,27,28). The molecule has 1 saturated heterocycles. The van der Waals surface area contributed by atoms with Crippen molar-refractivity contribution in [2.75, 3.05) is 44.7 Å². The van der Waals surface area contributed by atoms with Gasteiger partial charge in [-0.05, 0) is 31.5 Å². The third kappa shape index (κ3) is 5.60. The molecule has 0 amide bonds. The van der Waals surface area contributed by atoms with E-state index in [0.29, 0.717) is 19.0 Å². The van der Waals surface area contributed by atoms with Crippen LogP contribution in [0.2, 0.25) is 0 Å². The van der Waals surface area contributed by atoms with Crippen molar-refractivity contribution >= 4 is 28.6 Å². The molecule has 2 aromatic heterocycles. The van der Waals surface area contributed by atoms with Crippen molar-refractivity contribution in [1.29, 1.82) is 0 Å². The highest BCUT2D eigenvalue weighted by molar-refractivity contribution is 5.95. The summed E-state index contributed by atoms with van der Waals surface area (Å²) in [6, 6.07) is 7.94. The molecule has 1 aliphatic rings. The lowest BCUT2D eigenvalue weighted by Gasteiger charge is -2.31. The number of likely N-dealkylation sites (N-methyl/N-ethyl adjacent to an activating group) is 1. The number of ketones is 1. The first kappa shape index (κ1) is 23.0. The fourth-order valence-corrected chi connectivity index (χ4v) is 4.09. The van der Waals surface area contributed by atoms with Crippen molar-refractivity contribution in [3.63, 3.8) is 0 Å². The van der Waals surface area contributed by atoms with Crippen LogP contribution < -0.4 is 4.90 Å². The van der Waals surface area contributed by atoms with Crippen molar-refractivity contribution in [1.82, 2.24) is 25.1 Å². The van der Waals surface area contributed by atoms with Crippen LogP contribution in [0.5, 0.6) is 0 Å². The van der Waals surface area contributed by atoms with E-state index in [1.165, 1.54) is 0 Å². The number of para-hydroxylation sites is 1. The Labute approximate surface area is 193 Å². The quantitative estimate of drug-likeness (QED) is 0.277. The number of H-pyrrole nitrogens is 2. The molecule has 33 heavy (non-hydrogen) atoms. The Hall–Kier alpha value is -3.20. The molecule has 4 rings (SSSR count). The molecule has 1 aliphatic heterocycles. The third-order valence-electron chi connectivity index (χ3n) is 6.17. The van der Waals surface area contributed by atoms with Gasteiger partial charge in [-0.15, -0.1) is 5.10 Å². The summed E-state index contributed by atoms with van der Waals surface area (Å²) in [5.41, 5.74) is 2.00. The van der Waals surface area contributed by atoms with Crippen LogP contribution in [-0.2, 0) is 16.0 Å². The second kappa shape index (κ2) is 10.6. The Kier molecular flexibility index (Phi) is 7.39. The predicted octanol–water partition coefficient (Wildman–Crippen LogP) is 2.81. The number of hydrogen-bond donors (Lipinski definition) is 2. The molecule has 0 spiro atoms. The van der Waals surface area contributed by atoms with Crippen LogP contribution in [-0.4, -0.2) is 76.7 Å². The summed E-state index contributed by atoms with van der Waals surface area (Å²) in [5.74, 6) is -0.453. The molecule has 176 valence electrons. The van der Waals surface area contributed by atoms with Crippen LogP contribution in [0.25, 0.3) is 10.9 Å². The van der Waals surface area contributed by atoms with Gasteiger partial charge in [0.2, 0.25) is 11.7 Å². The van der Waals surface area contributed by atoms with Crippen LogP contribution in [0.4, 0.5) is 5.95 Å². The minimum Gasteiger partial charge on any atom is -0.465 e. The first-order valence-electron chi connectivity index (χ1n) is 11.7. The van der Waals surface area contributed by atoms with Crippen LogP contribution in [0.3, 0.4) is 0 Å². The Morgan fingerprint density at radius 3 is 2.76 bits per heavy atom. The van der Waals surface area contributed by atoms with Gasteiger partial charge in [0.25, 0.3) is 0 Å². The van der Waals surface area contributed by atoms with E-state index in [0.717, 1.165) is 55.5 Å². The zero-order valence-electron chi connectivity index (χ0n) is 19.3. The number of fused-ring (bicyclic) bond motifs is 1. The van der Waals surface area contributed by atoms with E-state index in [1.807, 2.05) is 37.4 Å². The van der Waals surface area contributed by atoms with Gasteiger partial charge in [0, 0.05) is 49.7 Å². The maximum absolute atomic E-state index is 13.1. The number of piperazine rings is 1. The molecule has 3 aromatic rings. The minimum atomic E-state index is -0.592. The molecule has 1 fully saturated rings. The highest BCUT2D eigenvalue weighted by atomic mass is 16.5. The lowest BCUT2D eigenvalue weighted by Crippen LogP contribution is -2.45. The minimum absolute atomic E-state index is 0.0157. The second-order valence-electron chi connectivity index (χ2n) is 8.68.